The zero-order valence-electron chi connectivity index (χ0n) is 13.9. The van der Waals surface area contributed by atoms with Crippen molar-refractivity contribution >= 4 is 31.5 Å². The Hall–Kier alpha value is -2.04. The van der Waals surface area contributed by atoms with E-state index in [4.69, 9.17) is 0 Å². The number of aromatic nitrogens is 4. The number of hydrogen-bond acceptors (Lipinski definition) is 7. The topological polar surface area (TPSA) is 83.7 Å². The van der Waals surface area contributed by atoms with Crippen LogP contribution < -0.4 is 4.90 Å². The summed E-state index contributed by atoms with van der Waals surface area (Å²) in [4.78, 5) is 11.7. The lowest BCUT2D eigenvalue weighted by Gasteiger charge is -2.37. The average Bonchev–Trinajstić information content (AvgIpc) is 3.13. The predicted molar refractivity (Wildman–Crippen MR) is 97.3 cm³/mol. The molecule has 0 aromatic carbocycles. The van der Waals surface area contributed by atoms with Crippen molar-refractivity contribution in [3.8, 4) is 11.3 Å². The summed E-state index contributed by atoms with van der Waals surface area (Å²) < 4.78 is 26.9. The first-order valence-electron chi connectivity index (χ1n) is 7.90. The number of piperazine rings is 1. The molecule has 4 heterocycles. The van der Waals surface area contributed by atoms with Crippen LogP contribution in [0.2, 0.25) is 0 Å². The first kappa shape index (κ1) is 16.4. The molecule has 4 rings (SSSR count). The van der Waals surface area contributed by atoms with Gasteiger partial charge in [-0.15, -0.1) is 5.10 Å². The summed E-state index contributed by atoms with van der Waals surface area (Å²) in [6.45, 7) is 3.65. The SMILES string of the molecule is C[C@H]1CN(c2nn3cc(-c4cccnc4)nc3s2)CCN1S(C)(=O)=O. The van der Waals surface area contributed by atoms with Crippen LogP contribution in [0.15, 0.2) is 30.7 Å². The van der Waals surface area contributed by atoms with Gasteiger partial charge in [-0.3, -0.25) is 4.98 Å². The van der Waals surface area contributed by atoms with Crippen LogP contribution in [0.3, 0.4) is 0 Å². The van der Waals surface area contributed by atoms with Crippen molar-refractivity contribution in [1.82, 2.24) is 23.9 Å². The van der Waals surface area contributed by atoms with Gasteiger partial charge in [0.05, 0.1) is 18.1 Å². The first-order valence-corrected chi connectivity index (χ1v) is 10.6. The van der Waals surface area contributed by atoms with Crippen molar-refractivity contribution in [3.05, 3.63) is 30.7 Å². The summed E-state index contributed by atoms with van der Waals surface area (Å²) in [7, 11) is -3.16. The molecule has 8 nitrogen and oxygen atoms in total. The fraction of sp³-hybridized carbons (Fsp3) is 0.400. The maximum atomic E-state index is 11.8. The molecule has 0 radical (unpaired) electrons. The van der Waals surface area contributed by atoms with E-state index < -0.39 is 10.0 Å². The summed E-state index contributed by atoms with van der Waals surface area (Å²) in [5.41, 5.74) is 1.80. The Morgan fingerprint density at radius 1 is 1.32 bits per heavy atom. The predicted octanol–water partition coefficient (Wildman–Crippen LogP) is 1.32. The van der Waals surface area contributed by atoms with Crippen molar-refractivity contribution < 1.29 is 8.42 Å². The average molecular weight is 378 g/mol. The Morgan fingerprint density at radius 2 is 2.16 bits per heavy atom. The molecule has 0 spiro atoms. The van der Waals surface area contributed by atoms with Crippen LogP contribution in [-0.2, 0) is 10.0 Å². The van der Waals surface area contributed by atoms with Crippen molar-refractivity contribution in [2.45, 2.75) is 13.0 Å². The Balaban J connectivity index is 1.56. The van der Waals surface area contributed by atoms with E-state index in [0.717, 1.165) is 21.3 Å². The molecule has 0 aliphatic carbocycles. The first-order chi connectivity index (χ1) is 11.9. The number of fused-ring (bicyclic) bond motifs is 1. The Morgan fingerprint density at radius 3 is 2.80 bits per heavy atom. The minimum absolute atomic E-state index is 0.0778. The lowest BCUT2D eigenvalue weighted by Crippen LogP contribution is -2.53. The molecule has 0 amide bonds. The molecule has 10 heteroatoms. The molecule has 3 aromatic heterocycles. The van der Waals surface area contributed by atoms with E-state index >= 15 is 0 Å². The van der Waals surface area contributed by atoms with E-state index in [0.29, 0.717) is 19.6 Å². The highest BCUT2D eigenvalue weighted by Gasteiger charge is 2.31. The lowest BCUT2D eigenvalue weighted by molar-refractivity contribution is 0.308. The van der Waals surface area contributed by atoms with Gasteiger partial charge in [0.2, 0.25) is 20.1 Å². The molecule has 25 heavy (non-hydrogen) atoms. The summed E-state index contributed by atoms with van der Waals surface area (Å²) in [5.74, 6) is 0. The molecule has 0 saturated carbocycles. The number of sulfonamides is 1. The fourth-order valence-electron chi connectivity index (χ4n) is 3.08. The molecule has 132 valence electrons. The van der Waals surface area contributed by atoms with Crippen molar-refractivity contribution in [2.75, 3.05) is 30.8 Å². The lowest BCUT2D eigenvalue weighted by atomic mass is 10.2. The Labute approximate surface area is 149 Å². The molecule has 0 unspecified atom stereocenters. The Kier molecular flexibility index (Phi) is 3.97. The molecule has 1 fully saturated rings. The highest BCUT2D eigenvalue weighted by atomic mass is 32.2. The minimum atomic E-state index is -3.16. The van der Waals surface area contributed by atoms with E-state index in [1.165, 1.54) is 17.6 Å². The number of imidazole rings is 1. The van der Waals surface area contributed by atoms with Crippen molar-refractivity contribution in [3.63, 3.8) is 0 Å². The highest BCUT2D eigenvalue weighted by Crippen LogP contribution is 2.28. The monoisotopic (exact) mass is 378 g/mol. The van der Waals surface area contributed by atoms with E-state index in [-0.39, 0.29) is 6.04 Å². The largest absolute Gasteiger partial charge is 0.344 e. The summed E-state index contributed by atoms with van der Waals surface area (Å²) in [6, 6.07) is 3.77. The molecule has 1 atom stereocenters. The number of rotatable bonds is 3. The van der Waals surface area contributed by atoms with Gasteiger partial charge in [0.1, 0.15) is 0 Å². The minimum Gasteiger partial charge on any atom is -0.344 e. The van der Waals surface area contributed by atoms with Gasteiger partial charge < -0.3 is 4.90 Å². The standard InChI is InChI=1S/C15H18N6O2S2/c1-11-9-19(6-7-21(11)25(2,22)23)15-18-20-10-13(17-14(20)24-15)12-4-3-5-16-8-12/h3-5,8,10-11H,6-7,9H2,1-2H3/t11-/m0/s1. The van der Waals surface area contributed by atoms with Gasteiger partial charge in [0.25, 0.3) is 0 Å². The van der Waals surface area contributed by atoms with Crippen LogP contribution in [0.4, 0.5) is 5.13 Å². The normalized spacial score (nSPS) is 19.6. The third-order valence-corrected chi connectivity index (χ3v) is 6.63. The van der Waals surface area contributed by atoms with E-state index in [1.54, 1.807) is 21.2 Å². The zero-order chi connectivity index (χ0) is 17.6. The third kappa shape index (κ3) is 3.12. The number of pyridine rings is 1. The zero-order valence-corrected chi connectivity index (χ0v) is 15.5. The maximum absolute atomic E-state index is 11.8. The Bertz CT molecular complexity index is 966. The van der Waals surface area contributed by atoms with Crippen LogP contribution >= 0.6 is 11.3 Å². The van der Waals surface area contributed by atoms with Crippen LogP contribution in [0.1, 0.15) is 6.92 Å². The second kappa shape index (κ2) is 6.04. The number of nitrogens with zero attached hydrogens (tertiary/aromatic N) is 6. The maximum Gasteiger partial charge on any atom is 0.214 e. The second-order valence-electron chi connectivity index (χ2n) is 6.15. The highest BCUT2D eigenvalue weighted by molar-refractivity contribution is 7.88. The molecule has 0 N–H and O–H groups in total. The van der Waals surface area contributed by atoms with Crippen LogP contribution in [0.5, 0.6) is 0 Å². The number of hydrogen-bond donors (Lipinski definition) is 0. The number of anilines is 1. The van der Waals surface area contributed by atoms with Crippen LogP contribution in [-0.4, -0.2) is 64.2 Å². The molecule has 1 saturated heterocycles. The molecular weight excluding hydrogens is 360 g/mol. The van der Waals surface area contributed by atoms with Gasteiger partial charge in [-0.2, -0.15) is 4.31 Å². The van der Waals surface area contributed by atoms with Crippen molar-refractivity contribution in [2.24, 2.45) is 0 Å². The molecule has 1 aliphatic rings. The molecule has 0 bridgehead atoms. The van der Waals surface area contributed by atoms with Gasteiger partial charge in [-0.05, 0) is 19.1 Å². The van der Waals surface area contributed by atoms with Gasteiger partial charge >= 0.3 is 0 Å². The van der Waals surface area contributed by atoms with Gasteiger partial charge in [0, 0.05) is 43.6 Å². The van der Waals surface area contributed by atoms with Gasteiger partial charge in [-0.1, -0.05) is 11.3 Å². The third-order valence-electron chi connectivity index (χ3n) is 4.25. The molecule has 1 aliphatic heterocycles. The summed E-state index contributed by atoms with van der Waals surface area (Å²) in [5, 5.41) is 5.48. The second-order valence-corrected chi connectivity index (χ2v) is 9.02. The molecular formula is C15H18N6O2S2. The quantitative estimate of drug-likeness (QED) is 0.684. The molecule has 3 aromatic rings. The fourth-order valence-corrected chi connectivity index (χ4v) is 5.13. The van der Waals surface area contributed by atoms with E-state index in [1.807, 2.05) is 25.3 Å². The van der Waals surface area contributed by atoms with Crippen molar-refractivity contribution in [1.29, 1.82) is 0 Å². The van der Waals surface area contributed by atoms with E-state index in [2.05, 4.69) is 20.0 Å². The van der Waals surface area contributed by atoms with Gasteiger partial charge in [0.15, 0.2) is 0 Å². The van der Waals surface area contributed by atoms with E-state index in [9.17, 15) is 8.42 Å². The van der Waals surface area contributed by atoms with Crippen LogP contribution in [0, 0.1) is 0 Å². The summed E-state index contributed by atoms with van der Waals surface area (Å²) >= 11 is 1.51. The smallest absolute Gasteiger partial charge is 0.214 e. The summed E-state index contributed by atoms with van der Waals surface area (Å²) in [6.07, 6.45) is 6.66. The van der Waals surface area contributed by atoms with Crippen LogP contribution in [0.25, 0.3) is 16.2 Å². The van der Waals surface area contributed by atoms with Gasteiger partial charge in [-0.25, -0.2) is 17.9 Å².